The molecule has 0 aliphatic carbocycles. The van der Waals surface area contributed by atoms with Crippen molar-refractivity contribution < 1.29 is 24.3 Å². The Morgan fingerprint density at radius 2 is 2.05 bits per heavy atom. The summed E-state index contributed by atoms with van der Waals surface area (Å²) in [4.78, 5) is 22.1. The Hall–Kier alpha value is -2.35. The zero-order valence-electron chi connectivity index (χ0n) is 10.6. The van der Waals surface area contributed by atoms with E-state index in [2.05, 4.69) is 5.32 Å². The molecule has 0 fully saturated rings. The number of carbonyl (C=O) groups excluding carboxylic acids is 1. The van der Waals surface area contributed by atoms with Crippen LogP contribution in [-0.2, 0) is 4.79 Å². The predicted molar refractivity (Wildman–Crippen MR) is 68.8 cm³/mol. The molecular formula is C12H14N2O6. The summed E-state index contributed by atoms with van der Waals surface area (Å²) in [5.41, 5.74) is -0.169. The van der Waals surface area contributed by atoms with Gasteiger partial charge in [-0.3, -0.25) is 14.9 Å². The first-order valence-electron chi connectivity index (χ1n) is 6.10. The molecule has 0 saturated carbocycles. The van der Waals surface area contributed by atoms with E-state index in [4.69, 9.17) is 14.6 Å². The summed E-state index contributed by atoms with van der Waals surface area (Å²) in [6.07, 6.45) is 1.21. The Morgan fingerprint density at radius 3 is 2.70 bits per heavy atom. The van der Waals surface area contributed by atoms with E-state index >= 15 is 0 Å². The molecule has 2 N–H and O–H groups in total. The van der Waals surface area contributed by atoms with E-state index in [0.29, 0.717) is 18.6 Å². The Kier molecular flexibility index (Phi) is 4.36. The minimum atomic E-state index is -0.592. The minimum Gasteiger partial charge on any atom is -0.454 e. The van der Waals surface area contributed by atoms with Gasteiger partial charge in [-0.15, -0.1) is 0 Å². The van der Waals surface area contributed by atoms with Crippen molar-refractivity contribution in [3.8, 4) is 11.5 Å². The number of nitrogens with one attached hydrogen (secondary N) is 1. The number of hydrogen-bond donors (Lipinski definition) is 2. The molecule has 1 aliphatic rings. The fourth-order valence-corrected chi connectivity index (χ4v) is 1.79. The number of rotatable bonds is 6. The lowest BCUT2D eigenvalue weighted by atomic mass is 10.2. The van der Waals surface area contributed by atoms with Crippen LogP contribution in [0.25, 0.3) is 0 Å². The van der Waals surface area contributed by atoms with Crippen molar-refractivity contribution in [3.63, 3.8) is 0 Å². The van der Waals surface area contributed by atoms with Crippen molar-refractivity contribution in [1.29, 1.82) is 0 Å². The predicted octanol–water partition coefficient (Wildman–Crippen LogP) is 1.42. The average molecular weight is 282 g/mol. The summed E-state index contributed by atoms with van der Waals surface area (Å²) in [6, 6.07) is 2.61. The number of ether oxygens (including phenoxy) is 2. The van der Waals surface area contributed by atoms with Crippen LogP contribution in [0.2, 0.25) is 0 Å². The molecule has 0 unspecified atom stereocenters. The number of unbranched alkanes of at least 4 members (excludes halogenated alkanes) is 1. The zero-order valence-corrected chi connectivity index (χ0v) is 10.6. The molecule has 0 bridgehead atoms. The smallest absolute Gasteiger partial charge is 0.296 e. The first kappa shape index (κ1) is 14.1. The summed E-state index contributed by atoms with van der Waals surface area (Å²) in [6.45, 7) is 0.0117. The number of hydrogen-bond acceptors (Lipinski definition) is 6. The Labute approximate surface area is 114 Å². The largest absolute Gasteiger partial charge is 0.454 e. The van der Waals surface area contributed by atoms with Crippen LogP contribution in [0.5, 0.6) is 11.5 Å². The molecule has 1 aliphatic heterocycles. The van der Waals surface area contributed by atoms with Gasteiger partial charge in [0.1, 0.15) is 5.69 Å². The van der Waals surface area contributed by atoms with Crippen molar-refractivity contribution in [1.82, 2.24) is 0 Å². The molecule has 0 aromatic heterocycles. The molecule has 20 heavy (non-hydrogen) atoms. The van der Waals surface area contributed by atoms with E-state index < -0.39 is 4.92 Å². The van der Waals surface area contributed by atoms with E-state index in [0.717, 1.165) is 0 Å². The lowest BCUT2D eigenvalue weighted by molar-refractivity contribution is -0.384. The van der Waals surface area contributed by atoms with E-state index in [1.165, 1.54) is 12.1 Å². The number of fused-ring (bicyclic) bond motifs is 1. The van der Waals surface area contributed by atoms with Gasteiger partial charge in [-0.25, -0.2) is 0 Å². The van der Waals surface area contributed by atoms with E-state index in [9.17, 15) is 14.9 Å². The Bertz CT molecular complexity index is 531. The number of anilines is 1. The van der Waals surface area contributed by atoms with Gasteiger partial charge in [0.25, 0.3) is 5.69 Å². The van der Waals surface area contributed by atoms with Crippen LogP contribution in [0.4, 0.5) is 11.4 Å². The molecule has 1 aromatic carbocycles. The summed E-state index contributed by atoms with van der Waals surface area (Å²) in [7, 11) is 0. The van der Waals surface area contributed by atoms with Crippen molar-refractivity contribution in [2.24, 2.45) is 0 Å². The lowest BCUT2D eigenvalue weighted by Crippen LogP contribution is -2.12. The standard InChI is InChI=1S/C12H14N2O6/c15-4-2-1-3-12(16)13-8-5-10-11(20-7-19-10)6-9(8)14(17)18/h5-6,15H,1-4,7H2,(H,13,16). The quantitative estimate of drug-likeness (QED) is 0.464. The van der Waals surface area contributed by atoms with Crippen molar-refractivity contribution in [3.05, 3.63) is 22.2 Å². The summed E-state index contributed by atoms with van der Waals surface area (Å²) in [5, 5.41) is 22.1. The molecule has 1 aromatic rings. The Balaban J connectivity index is 2.13. The number of aliphatic hydroxyl groups is 1. The number of nitrogens with zero attached hydrogens (tertiary/aromatic N) is 1. The highest BCUT2D eigenvalue weighted by molar-refractivity contribution is 5.93. The monoisotopic (exact) mass is 282 g/mol. The molecule has 108 valence electrons. The topological polar surface area (TPSA) is 111 Å². The number of amides is 1. The highest BCUT2D eigenvalue weighted by Gasteiger charge is 2.24. The fourth-order valence-electron chi connectivity index (χ4n) is 1.79. The normalized spacial score (nSPS) is 12.2. The van der Waals surface area contributed by atoms with Crippen molar-refractivity contribution >= 4 is 17.3 Å². The van der Waals surface area contributed by atoms with Crippen LogP contribution in [0.3, 0.4) is 0 Å². The number of nitro benzene ring substituents is 1. The van der Waals surface area contributed by atoms with Gasteiger partial charge < -0.3 is 19.9 Å². The van der Waals surface area contributed by atoms with Gasteiger partial charge in [0.15, 0.2) is 11.5 Å². The highest BCUT2D eigenvalue weighted by atomic mass is 16.7. The second-order valence-corrected chi connectivity index (χ2v) is 4.21. The molecule has 0 radical (unpaired) electrons. The van der Waals surface area contributed by atoms with Crippen LogP contribution in [-0.4, -0.2) is 29.3 Å². The minimum absolute atomic E-state index is 0.000384. The molecule has 8 nitrogen and oxygen atoms in total. The summed E-state index contributed by atoms with van der Waals surface area (Å²) >= 11 is 0. The maximum Gasteiger partial charge on any atom is 0.296 e. The second kappa shape index (κ2) is 6.20. The maximum absolute atomic E-state index is 11.7. The molecule has 0 spiro atoms. The first-order chi connectivity index (χ1) is 9.61. The number of carbonyl (C=O) groups is 1. The molecule has 1 heterocycles. The maximum atomic E-state index is 11.7. The van der Waals surface area contributed by atoms with Gasteiger partial charge in [-0.1, -0.05) is 0 Å². The average Bonchev–Trinajstić information content (AvgIpc) is 2.85. The molecule has 8 heteroatoms. The van der Waals surface area contributed by atoms with Crippen LogP contribution in [0.15, 0.2) is 12.1 Å². The fraction of sp³-hybridized carbons (Fsp3) is 0.417. The highest BCUT2D eigenvalue weighted by Crippen LogP contribution is 2.40. The number of aliphatic hydroxyl groups excluding tert-OH is 1. The van der Waals surface area contributed by atoms with Crippen molar-refractivity contribution in [2.45, 2.75) is 19.3 Å². The number of benzene rings is 1. The third-order valence-electron chi connectivity index (χ3n) is 2.77. The van der Waals surface area contributed by atoms with Gasteiger partial charge in [0, 0.05) is 19.1 Å². The summed E-state index contributed by atoms with van der Waals surface area (Å²) in [5.74, 6) is 0.302. The van der Waals surface area contributed by atoms with Gasteiger partial charge >= 0.3 is 0 Å². The van der Waals surface area contributed by atoms with Crippen LogP contribution in [0.1, 0.15) is 19.3 Å². The summed E-state index contributed by atoms with van der Waals surface area (Å²) < 4.78 is 10.2. The third kappa shape index (κ3) is 3.15. The zero-order chi connectivity index (χ0) is 14.5. The molecule has 0 atom stereocenters. The molecule has 1 amide bonds. The lowest BCUT2D eigenvalue weighted by Gasteiger charge is -2.07. The van der Waals surface area contributed by atoms with Gasteiger partial charge in [-0.05, 0) is 12.8 Å². The second-order valence-electron chi connectivity index (χ2n) is 4.21. The molecular weight excluding hydrogens is 268 g/mol. The van der Waals surface area contributed by atoms with Crippen LogP contribution < -0.4 is 14.8 Å². The van der Waals surface area contributed by atoms with Gasteiger partial charge in [0.2, 0.25) is 12.7 Å². The van der Waals surface area contributed by atoms with Gasteiger partial charge in [0.05, 0.1) is 11.0 Å². The van der Waals surface area contributed by atoms with E-state index in [1.807, 2.05) is 0 Å². The van der Waals surface area contributed by atoms with Crippen molar-refractivity contribution in [2.75, 3.05) is 18.7 Å². The van der Waals surface area contributed by atoms with E-state index in [1.54, 1.807) is 0 Å². The van der Waals surface area contributed by atoms with Crippen LogP contribution in [0, 0.1) is 10.1 Å². The Morgan fingerprint density at radius 1 is 1.35 bits per heavy atom. The van der Waals surface area contributed by atoms with E-state index in [-0.39, 0.29) is 42.9 Å². The molecule has 0 saturated heterocycles. The SMILES string of the molecule is O=C(CCCCO)Nc1cc2c(cc1[N+](=O)[O-])OCO2. The molecule has 2 rings (SSSR count). The van der Waals surface area contributed by atoms with Crippen LogP contribution >= 0.6 is 0 Å². The first-order valence-corrected chi connectivity index (χ1v) is 6.10. The number of nitro groups is 1. The van der Waals surface area contributed by atoms with Gasteiger partial charge in [-0.2, -0.15) is 0 Å². The third-order valence-corrected chi connectivity index (χ3v) is 2.77.